The number of carbonyl (C=O) groups is 1. The van der Waals surface area contributed by atoms with E-state index in [1.165, 1.54) is 11.3 Å². The van der Waals surface area contributed by atoms with Crippen LogP contribution in [0.25, 0.3) is 10.6 Å². The van der Waals surface area contributed by atoms with Crippen molar-refractivity contribution in [3.05, 3.63) is 93.4 Å². The van der Waals surface area contributed by atoms with E-state index >= 15 is 0 Å². The Kier molecular flexibility index (Phi) is 6.95. The molecule has 1 aromatic heterocycles. The summed E-state index contributed by atoms with van der Waals surface area (Å²) in [5, 5.41) is 6.46. The second-order valence-corrected chi connectivity index (χ2v) is 8.47. The summed E-state index contributed by atoms with van der Waals surface area (Å²) in [4.78, 5) is 17.0. The standard InChI is InChI=1S/C24H18Cl2N2O3S/c1-30-20-4-2-3-18(12-20)27-23(29)22-14-32-24(28-22)15-6-9-19(10-7-15)31-13-16-5-8-17(25)11-21(16)26/h2-12,14H,13H2,1H3,(H,27,29). The number of ether oxygens (including phenoxy) is 2. The van der Waals surface area contributed by atoms with Gasteiger partial charge in [-0.2, -0.15) is 0 Å². The molecule has 1 N–H and O–H groups in total. The zero-order valence-electron chi connectivity index (χ0n) is 17.0. The third-order valence-electron chi connectivity index (χ3n) is 4.58. The molecule has 4 aromatic rings. The van der Waals surface area contributed by atoms with E-state index in [1.54, 1.807) is 36.8 Å². The average Bonchev–Trinajstić information content (AvgIpc) is 3.29. The van der Waals surface area contributed by atoms with E-state index in [0.717, 1.165) is 16.1 Å². The van der Waals surface area contributed by atoms with Gasteiger partial charge in [0.2, 0.25) is 0 Å². The van der Waals surface area contributed by atoms with Gasteiger partial charge in [-0.1, -0.05) is 35.3 Å². The Bertz CT molecular complexity index is 1240. The second kappa shape index (κ2) is 10.0. The summed E-state index contributed by atoms with van der Waals surface area (Å²) in [6.45, 7) is 0.335. The number of nitrogens with one attached hydrogen (secondary N) is 1. The van der Waals surface area contributed by atoms with Crippen molar-refractivity contribution in [3.63, 3.8) is 0 Å². The highest BCUT2D eigenvalue weighted by Gasteiger charge is 2.13. The maximum atomic E-state index is 12.5. The van der Waals surface area contributed by atoms with Gasteiger partial charge in [-0.3, -0.25) is 4.79 Å². The highest BCUT2D eigenvalue weighted by molar-refractivity contribution is 7.13. The SMILES string of the molecule is COc1cccc(NC(=O)c2csc(-c3ccc(OCc4ccc(Cl)cc4Cl)cc3)n2)c1. The summed E-state index contributed by atoms with van der Waals surface area (Å²) in [6.07, 6.45) is 0. The lowest BCUT2D eigenvalue weighted by molar-refractivity contribution is 0.102. The van der Waals surface area contributed by atoms with Crippen LogP contribution in [0.2, 0.25) is 10.0 Å². The molecule has 162 valence electrons. The van der Waals surface area contributed by atoms with E-state index in [2.05, 4.69) is 10.3 Å². The first-order valence-electron chi connectivity index (χ1n) is 9.60. The number of amides is 1. The van der Waals surface area contributed by atoms with Crippen LogP contribution in [0.1, 0.15) is 16.1 Å². The predicted octanol–water partition coefficient (Wildman–Crippen LogP) is 6.96. The molecule has 1 heterocycles. The fourth-order valence-electron chi connectivity index (χ4n) is 2.90. The Hall–Kier alpha value is -3.06. The van der Waals surface area contributed by atoms with E-state index in [-0.39, 0.29) is 5.91 Å². The molecule has 8 heteroatoms. The summed E-state index contributed by atoms with van der Waals surface area (Å²) < 4.78 is 11.0. The van der Waals surface area contributed by atoms with Crippen molar-refractivity contribution in [1.82, 2.24) is 4.98 Å². The fraction of sp³-hybridized carbons (Fsp3) is 0.0833. The van der Waals surface area contributed by atoms with Gasteiger partial charge in [0.15, 0.2) is 0 Å². The van der Waals surface area contributed by atoms with Gasteiger partial charge in [0.1, 0.15) is 28.8 Å². The van der Waals surface area contributed by atoms with E-state index in [0.29, 0.717) is 39.5 Å². The number of anilines is 1. The lowest BCUT2D eigenvalue weighted by Gasteiger charge is -2.08. The summed E-state index contributed by atoms with van der Waals surface area (Å²) in [7, 11) is 1.58. The van der Waals surface area contributed by atoms with Crippen LogP contribution >= 0.6 is 34.5 Å². The summed E-state index contributed by atoms with van der Waals surface area (Å²) >= 11 is 13.5. The number of halogens is 2. The molecule has 3 aromatic carbocycles. The minimum atomic E-state index is -0.277. The van der Waals surface area contributed by atoms with E-state index < -0.39 is 0 Å². The summed E-state index contributed by atoms with van der Waals surface area (Å²) in [5.74, 6) is 1.09. The van der Waals surface area contributed by atoms with Gasteiger partial charge in [0.05, 0.1) is 7.11 Å². The Balaban J connectivity index is 1.39. The largest absolute Gasteiger partial charge is 0.497 e. The lowest BCUT2D eigenvalue weighted by Crippen LogP contribution is -2.12. The molecular formula is C24H18Cl2N2O3S. The van der Waals surface area contributed by atoms with E-state index in [4.69, 9.17) is 32.7 Å². The minimum absolute atomic E-state index is 0.277. The quantitative estimate of drug-likeness (QED) is 0.308. The smallest absolute Gasteiger partial charge is 0.275 e. The molecule has 0 atom stereocenters. The van der Waals surface area contributed by atoms with Crippen molar-refractivity contribution >= 4 is 46.1 Å². The van der Waals surface area contributed by atoms with Crippen LogP contribution in [0.4, 0.5) is 5.69 Å². The number of hydrogen-bond donors (Lipinski definition) is 1. The normalized spacial score (nSPS) is 10.6. The highest BCUT2D eigenvalue weighted by atomic mass is 35.5. The predicted molar refractivity (Wildman–Crippen MR) is 129 cm³/mol. The molecule has 0 saturated carbocycles. The number of aromatic nitrogens is 1. The van der Waals surface area contributed by atoms with Gasteiger partial charge in [0.25, 0.3) is 5.91 Å². The van der Waals surface area contributed by atoms with Crippen LogP contribution in [0.15, 0.2) is 72.1 Å². The molecule has 0 radical (unpaired) electrons. The highest BCUT2D eigenvalue weighted by Crippen LogP contribution is 2.28. The Morgan fingerprint density at radius 1 is 1.03 bits per heavy atom. The number of nitrogens with zero attached hydrogens (tertiary/aromatic N) is 1. The molecule has 32 heavy (non-hydrogen) atoms. The molecule has 0 unspecified atom stereocenters. The third kappa shape index (κ3) is 5.40. The van der Waals surface area contributed by atoms with Gasteiger partial charge in [0, 0.05) is 38.3 Å². The van der Waals surface area contributed by atoms with Gasteiger partial charge in [-0.25, -0.2) is 4.98 Å². The van der Waals surface area contributed by atoms with Crippen LogP contribution in [-0.2, 0) is 6.61 Å². The second-order valence-electron chi connectivity index (χ2n) is 6.77. The Morgan fingerprint density at radius 3 is 2.59 bits per heavy atom. The molecule has 4 rings (SSSR count). The van der Waals surface area contributed by atoms with Crippen molar-refractivity contribution < 1.29 is 14.3 Å². The van der Waals surface area contributed by atoms with Gasteiger partial charge in [-0.05, 0) is 48.5 Å². The first-order valence-corrected chi connectivity index (χ1v) is 11.2. The molecule has 0 spiro atoms. The summed E-state index contributed by atoms with van der Waals surface area (Å²) in [5.41, 5.74) is 2.75. The van der Waals surface area contributed by atoms with E-state index in [9.17, 15) is 4.79 Å². The number of rotatable bonds is 7. The number of hydrogen-bond acceptors (Lipinski definition) is 5. The molecular weight excluding hydrogens is 467 g/mol. The molecule has 5 nitrogen and oxygen atoms in total. The molecule has 0 aliphatic heterocycles. The third-order valence-corrected chi connectivity index (χ3v) is 6.05. The van der Waals surface area contributed by atoms with E-state index in [1.807, 2.05) is 42.5 Å². The molecule has 1 amide bonds. The van der Waals surface area contributed by atoms with Crippen LogP contribution in [0, 0.1) is 0 Å². The molecule has 0 aliphatic carbocycles. The first kappa shape index (κ1) is 22.1. The zero-order chi connectivity index (χ0) is 22.5. The van der Waals surface area contributed by atoms with Gasteiger partial charge in [-0.15, -0.1) is 11.3 Å². The molecule has 0 fully saturated rings. The van der Waals surface area contributed by atoms with Gasteiger partial charge < -0.3 is 14.8 Å². The van der Waals surface area contributed by atoms with Crippen molar-refractivity contribution in [2.24, 2.45) is 0 Å². The average molecular weight is 485 g/mol. The first-order chi connectivity index (χ1) is 15.5. The maximum Gasteiger partial charge on any atom is 0.275 e. The number of methoxy groups -OCH3 is 1. The van der Waals surface area contributed by atoms with Crippen LogP contribution in [0.5, 0.6) is 11.5 Å². The fourth-order valence-corrected chi connectivity index (χ4v) is 4.17. The Morgan fingerprint density at radius 2 is 1.84 bits per heavy atom. The Labute approximate surface area is 199 Å². The topological polar surface area (TPSA) is 60.5 Å². The number of benzene rings is 3. The van der Waals surface area contributed by atoms with Gasteiger partial charge >= 0.3 is 0 Å². The van der Waals surface area contributed by atoms with Crippen molar-refractivity contribution in [1.29, 1.82) is 0 Å². The van der Waals surface area contributed by atoms with Crippen molar-refractivity contribution in [2.75, 3.05) is 12.4 Å². The molecule has 0 saturated heterocycles. The van der Waals surface area contributed by atoms with Crippen molar-refractivity contribution in [2.45, 2.75) is 6.61 Å². The van der Waals surface area contributed by atoms with Crippen LogP contribution in [0.3, 0.4) is 0 Å². The van der Waals surface area contributed by atoms with Crippen LogP contribution < -0.4 is 14.8 Å². The zero-order valence-corrected chi connectivity index (χ0v) is 19.3. The molecule has 0 bridgehead atoms. The lowest BCUT2D eigenvalue weighted by atomic mass is 10.2. The number of thiazole rings is 1. The monoisotopic (exact) mass is 484 g/mol. The summed E-state index contributed by atoms with van der Waals surface area (Å²) in [6, 6.07) is 20.0. The molecule has 0 aliphatic rings. The van der Waals surface area contributed by atoms with Crippen molar-refractivity contribution in [3.8, 4) is 22.1 Å². The maximum absolute atomic E-state index is 12.5. The minimum Gasteiger partial charge on any atom is -0.497 e. The number of carbonyl (C=O) groups excluding carboxylic acids is 1. The van der Waals surface area contributed by atoms with Crippen LogP contribution in [-0.4, -0.2) is 18.0 Å².